The van der Waals surface area contributed by atoms with Crippen LogP contribution in [0.5, 0.6) is 23.0 Å². The van der Waals surface area contributed by atoms with Gasteiger partial charge in [0.15, 0.2) is 11.5 Å². The number of ether oxygens (including phenoxy) is 4. The molecule has 0 N–H and O–H groups in total. The smallest absolute Gasteiger partial charge is 0.244 e. The highest BCUT2D eigenvalue weighted by Crippen LogP contribution is 2.38. The Labute approximate surface area is 200 Å². The zero-order valence-corrected chi connectivity index (χ0v) is 20.3. The van der Waals surface area contributed by atoms with Gasteiger partial charge in [-0.05, 0) is 73.9 Å². The van der Waals surface area contributed by atoms with Crippen LogP contribution in [0.25, 0.3) is 0 Å². The van der Waals surface area contributed by atoms with E-state index in [9.17, 15) is 4.79 Å². The van der Waals surface area contributed by atoms with Crippen LogP contribution in [0, 0.1) is 13.8 Å². The van der Waals surface area contributed by atoms with E-state index in [0.29, 0.717) is 30.4 Å². The minimum Gasteiger partial charge on any atom is -0.497 e. The van der Waals surface area contributed by atoms with Crippen molar-refractivity contribution >= 4 is 5.91 Å². The van der Waals surface area contributed by atoms with Crippen LogP contribution in [0.2, 0.25) is 0 Å². The number of carbonyl (C=O) groups excluding carboxylic acids is 1. The summed E-state index contributed by atoms with van der Waals surface area (Å²) in [5.41, 5.74) is 3.97. The van der Waals surface area contributed by atoms with Crippen molar-refractivity contribution in [1.29, 1.82) is 0 Å². The summed E-state index contributed by atoms with van der Waals surface area (Å²) >= 11 is 0. The highest BCUT2D eigenvalue weighted by molar-refractivity contribution is 5.77. The molecular formula is C26H31N3O5. The first-order valence-electron chi connectivity index (χ1n) is 11.3. The lowest BCUT2D eigenvalue weighted by Crippen LogP contribution is -2.44. The third-order valence-electron chi connectivity index (χ3n) is 6.18. The summed E-state index contributed by atoms with van der Waals surface area (Å²) in [6, 6.07) is 13.1. The van der Waals surface area contributed by atoms with Gasteiger partial charge in [-0.3, -0.25) is 9.48 Å². The summed E-state index contributed by atoms with van der Waals surface area (Å²) in [4.78, 5) is 15.3. The van der Waals surface area contributed by atoms with Gasteiger partial charge in [-0.25, -0.2) is 0 Å². The van der Waals surface area contributed by atoms with E-state index in [0.717, 1.165) is 34.7 Å². The van der Waals surface area contributed by atoms with E-state index in [1.54, 1.807) is 26.0 Å². The Morgan fingerprint density at radius 1 is 0.971 bits per heavy atom. The maximum absolute atomic E-state index is 13.5. The lowest BCUT2D eigenvalue weighted by atomic mass is 9.92. The number of aryl methyl sites for hydroxylation is 2. The van der Waals surface area contributed by atoms with E-state index in [2.05, 4.69) is 5.10 Å². The number of hydrogen-bond donors (Lipinski definition) is 0. The van der Waals surface area contributed by atoms with Crippen LogP contribution in [-0.4, -0.2) is 55.1 Å². The van der Waals surface area contributed by atoms with Gasteiger partial charge < -0.3 is 23.8 Å². The second kappa shape index (κ2) is 10.1. The standard InChI is InChI=1S/C26H31N3O5/c1-17-12-18(2)29(27-17)15-26(30)28-11-10-19-13-24(32-4)25(33-5)14-22(19)23(28)16-34-21-8-6-20(31-3)7-9-21/h6-9,12-14,23H,10-11,15-16H2,1-5H3. The van der Waals surface area contributed by atoms with Gasteiger partial charge in [0, 0.05) is 12.2 Å². The molecule has 1 atom stereocenters. The van der Waals surface area contributed by atoms with Crippen LogP contribution in [-0.2, 0) is 17.8 Å². The molecule has 0 aliphatic carbocycles. The minimum atomic E-state index is -0.282. The Hall–Kier alpha value is -3.68. The number of rotatable bonds is 8. The van der Waals surface area contributed by atoms with Gasteiger partial charge >= 0.3 is 0 Å². The van der Waals surface area contributed by atoms with Crippen molar-refractivity contribution < 1.29 is 23.7 Å². The first kappa shape index (κ1) is 23.5. The average Bonchev–Trinajstić information content (AvgIpc) is 3.17. The SMILES string of the molecule is COc1ccc(OCC2c3cc(OC)c(OC)cc3CCN2C(=O)Cn2nc(C)cc2C)cc1. The van der Waals surface area contributed by atoms with Gasteiger partial charge in [-0.15, -0.1) is 0 Å². The van der Waals surface area contributed by atoms with Crippen molar-refractivity contribution in [1.82, 2.24) is 14.7 Å². The molecule has 0 spiro atoms. The molecule has 1 aliphatic rings. The summed E-state index contributed by atoms with van der Waals surface area (Å²) in [7, 11) is 4.87. The van der Waals surface area contributed by atoms with Gasteiger partial charge in [0.1, 0.15) is 24.7 Å². The summed E-state index contributed by atoms with van der Waals surface area (Å²) in [5.74, 6) is 2.77. The molecule has 1 amide bonds. The van der Waals surface area contributed by atoms with Crippen LogP contribution < -0.4 is 18.9 Å². The number of methoxy groups -OCH3 is 3. The Morgan fingerprint density at radius 2 is 1.65 bits per heavy atom. The molecule has 0 saturated carbocycles. The Balaban J connectivity index is 1.64. The van der Waals surface area contributed by atoms with Crippen LogP contribution in [0.1, 0.15) is 28.6 Å². The maximum Gasteiger partial charge on any atom is 0.244 e. The highest BCUT2D eigenvalue weighted by Gasteiger charge is 2.33. The van der Waals surface area contributed by atoms with Gasteiger partial charge in [-0.2, -0.15) is 5.10 Å². The van der Waals surface area contributed by atoms with Gasteiger partial charge in [0.05, 0.1) is 33.1 Å². The van der Waals surface area contributed by atoms with Crippen LogP contribution in [0.3, 0.4) is 0 Å². The summed E-state index contributed by atoms with van der Waals surface area (Å²) in [6.45, 7) is 4.95. The van der Waals surface area contributed by atoms with Crippen molar-refractivity contribution in [2.45, 2.75) is 32.9 Å². The number of benzene rings is 2. The summed E-state index contributed by atoms with van der Waals surface area (Å²) < 4.78 is 24.2. The number of hydrogen-bond acceptors (Lipinski definition) is 6. The number of amides is 1. The molecule has 0 bridgehead atoms. The van der Waals surface area contributed by atoms with Crippen molar-refractivity contribution in [2.24, 2.45) is 0 Å². The Morgan fingerprint density at radius 3 is 2.26 bits per heavy atom. The van der Waals surface area contributed by atoms with E-state index in [4.69, 9.17) is 18.9 Å². The van der Waals surface area contributed by atoms with Crippen molar-refractivity contribution in [3.8, 4) is 23.0 Å². The maximum atomic E-state index is 13.5. The predicted molar refractivity (Wildman–Crippen MR) is 128 cm³/mol. The highest BCUT2D eigenvalue weighted by atomic mass is 16.5. The molecule has 8 nitrogen and oxygen atoms in total. The van der Waals surface area contributed by atoms with Gasteiger partial charge in [-0.1, -0.05) is 0 Å². The third-order valence-corrected chi connectivity index (χ3v) is 6.18. The lowest BCUT2D eigenvalue weighted by Gasteiger charge is -2.37. The van der Waals surface area contributed by atoms with Crippen LogP contribution in [0.4, 0.5) is 0 Å². The van der Waals surface area contributed by atoms with Gasteiger partial charge in [0.25, 0.3) is 0 Å². The molecule has 8 heteroatoms. The van der Waals surface area contributed by atoms with Crippen LogP contribution >= 0.6 is 0 Å². The molecule has 4 rings (SSSR count). The second-order valence-corrected chi connectivity index (χ2v) is 8.33. The molecular weight excluding hydrogens is 434 g/mol. The number of carbonyl (C=O) groups is 1. The first-order chi connectivity index (χ1) is 16.4. The molecule has 34 heavy (non-hydrogen) atoms. The molecule has 2 heterocycles. The van der Waals surface area contributed by atoms with E-state index in [1.165, 1.54) is 0 Å². The zero-order valence-electron chi connectivity index (χ0n) is 20.3. The summed E-state index contributed by atoms with van der Waals surface area (Å²) in [6.07, 6.45) is 0.720. The number of nitrogens with zero attached hydrogens (tertiary/aromatic N) is 3. The lowest BCUT2D eigenvalue weighted by molar-refractivity contribution is -0.135. The van der Waals surface area contributed by atoms with E-state index < -0.39 is 0 Å². The summed E-state index contributed by atoms with van der Waals surface area (Å²) in [5, 5.41) is 4.46. The monoisotopic (exact) mass is 465 g/mol. The van der Waals surface area contributed by atoms with Crippen molar-refractivity contribution in [3.05, 3.63) is 65.0 Å². The minimum absolute atomic E-state index is 0.00466. The predicted octanol–water partition coefficient (Wildman–Crippen LogP) is 3.73. The molecule has 1 unspecified atom stereocenters. The van der Waals surface area contributed by atoms with Gasteiger partial charge in [0.2, 0.25) is 5.91 Å². The van der Waals surface area contributed by atoms with E-state index >= 15 is 0 Å². The van der Waals surface area contributed by atoms with E-state index in [1.807, 2.05) is 61.2 Å². The average molecular weight is 466 g/mol. The molecule has 180 valence electrons. The normalized spacial score (nSPS) is 15.0. The fraction of sp³-hybridized carbons (Fsp3) is 0.385. The topological polar surface area (TPSA) is 75.1 Å². The number of aromatic nitrogens is 2. The van der Waals surface area contributed by atoms with Crippen molar-refractivity contribution in [3.63, 3.8) is 0 Å². The molecule has 2 aromatic carbocycles. The zero-order chi connectivity index (χ0) is 24.2. The fourth-order valence-electron chi connectivity index (χ4n) is 4.41. The molecule has 0 saturated heterocycles. The third kappa shape index (κ3) is 4.81. The Bertz CT molecular complexity index is 1160. The first-order valence-corrected chi connectivity index (χ1v) is 11.3. The molecule has 3 aromatic rings. The second-order valence-electron chi connectivity index (χ2n) is 8.33. The van der Waals surface area contributed by atoms with Crippen molar-refractivity contribution in [2.75, 3.05) is 34.5 Å². The molecule has 1 aromatic heterocycles. The Kier molecular flexibility index (Phi) is 6.95. The largest absolute Gasteiger partial charge is 0.497 e. The quantitative estimate of drug-likeness (QED) is 0.505. The fourth-order valence-corrected chi connectivity index (χ4v) is 4.41. The molecule has 0 radical (unpaired) electrons. The molecule has 1 aliphatic heterocycles. The van der Waals surface area contributed by atoms with Crippen LogP contribution in [0.15, 0.2) is 42.5 Å². The number of fused-ring (bicyclic) bond motifs is 1. The molecule has 0 fully saturated rings. The van der Waals surface area contributed by atoms with E-state index in [-0.39, 0.29) is 18.5 Å².